The quantitative estimate of drug-likeness (QED) is 0.398. The predicted octanol–water partition coefficient (Wildman–Crippen LogP) is 2.95. The Balaban J connectivity index is 2.41. The second-order valence-electron chi connectivity index (χ2n) is 7.82. The van der Waals surface area contributed by atoms with E-state index >= 15 is 0 Å². The molecule has 9 nitrogen and oxygen atoms in total. The molecule has 0 aliphatic heterocycles. The van der Waals surface area contributed by atoms with Crippen LogP contribution in [0.5, 0.6) is 0 Å². The maximum absolute atomic E-state index is 12.1. The van der Waals surface area contributed by atoms with Crippen molar-refractivity contribution >= 4 is 22.3 Å². The van der Waals surface area contributed by atoms with Crippen LogP contribution in [0.15, 0.2) is 30.3 Å². The van der Waals surface area contributed by atoms with Gasteiger partial charge in [-0.15, -0.1) is 0 Å². The molecule has 0 aliphatic rings. The minimum absolute atomic E-state index is 0.103. The molecule has 1 aromatic carbocycles. The largest absolute Gasteiger partial charge is 0.445 e. The molecule has 1 unspecified atom stereocenters. The fourth-order valence-corrected chi connectivity index (χ4v) is 2.77. The normalized spacial score (nSPS) is 12.7. The first-order valence-electron chi connectivity index (χ1n) is 9.73. The minimum atomic E-state index is -3.64. The van der Waals surface area contributed by atoms with Crippen LogP contribution in [-0.2, 0) is 30.4 Å². The molecule has 0 saturated carbocycles. The zero-order valence-corrected chi connectivity index (χ0v) is 18.8. The van der Waals surface area contributed by atoms with Crippen LogP contribution in [0.3, 0.4) is 0 Å². The Hall–Kier alpha value is -2.33. The predicted molar refractivity (Wildman–Crippen MR) is 112 cm³/mol. The van der Waals surface area contributed by atoms with Crippen molar-refractivity contribution in [2.24, 2.45) is 0 Å². The third-order valence-electron chi connectivity index (χ3n) is 3.67. The molecule has 1 aromatic rings. The van der Waals surface area contributed by atoms with Gasteiger partial charge in [-0.25, -0.2) is 9.59 Å². The van der Waals surface area contributed by atoms with Crippen LogP contribution in [0, 0.1) is 0 Å². The van der Waals surface area contributed by atoms with Crippen LogP contribution in [-0.4, -0.2) is 51.7 Å². The first-order valence-corrected chi connectivity index (χ1v) is 11.5. The molecule has 0 spiro atoms. The van der Waals surface area contributed by atoms with Crippen molar-refractivity contribution in [3.05, 3.63) is 35.9 Å². The third-order valence-corrected chi connectivity index (χ3v) is 4.23. The van der Waals surface area contributed by atoms with E-state index in [0.29, 0.717) is 25.8 Å². The first kappa shape index (κ1) is 25.7. The van der Waals surface area contributed by atoms with Gasteiger partial charge >= 0.3 is 12.2 Å². The summed E-state index contributed by atoms with van der Waals surface area (Å²) in [6.45, 7) is 5.64. The molecule has 170 valence electrons. The molecule has 1 rings (SSSR count). The molecule has 0 aromatic heterocycles. The number of amides is 2. The van der Waals surface area contributed by atoms with Crippen LogP contribution in [0.2, 0.25) is 0 Å². The molecule has 0 radical (unpaired) electrons. The number of hydrogen-bond acceptors (Lipinski definition) is 7. The van der Waals surface area contributed by atoms with E-state index in [1.54, 1.807) is 20.8 Å². The lowest BCUT2D eigenvalue weighted by molar-refractivity contribution is 0.0526. The molecule has 10 heteroatoms. The average Bonchev–Trinajstić information content (AvgIpc) is 2.62. The highest BCUT2D eigenvalue weighted by Crippen LogP contribution is 2.08. The van der Waals surface area contributed by atoms with Crippen molar-refractivity contribution in [3.63, 3.8) is 0 Å². The summed E-state index contributed by atoms with van der Waals surface area (Å²) in [5.74, 6) is 0. The summed E-state index contributed by atoms with van der Waals surface area (Å²) in [7, 11) is -3.64. The smallest absolute Gasteiger partial charge is 0.407 e. The SMILES string of the molecule is CC(C)(C)OC(=O)NCCCCC(COS(C)(=O)=O)NC(=O)OCc1ccccc1. The fraction of sp³-hybridized carbons (Fsp3) is 0.600. The number of carbonyl (C=O) groups is 2. The Bertz CT molecular complexity index is 761. The van der Waals surface area contributed by atoms with Gasteiger partial charge in [-0.1, -0.05) is 30.3 Å². The summed E-state index contributed by atoms with van der Waals surface area (Å²) in [5, 5.41) is 5.28. The molecule has 0 fully saturated rings. The van der Waals surface area contributed by atoms with Gasteiger partial charge in [0.2, 0.25) is 0 Å². The summed E-state index contributed by atoms with van der Waals surface area (Å²) in [6, 6.07) is 8.64. The molecule has 0 heterocycles. The van der Waals surface area contributed by atoms with Crippen LogP contribution >= 0.6 is 0 Å². The Kier molecular flexibility index (Phi) is 10.6. The Morgan fingerprint density at radius 3 is 2.33 bits per heavy atom. The van der Waals surface area contributed by atoms with Gasteiger partial charge in [0.25, 0.3) is 10.1 Å². The van der Waals surface area contributed by atoms with Crippen molar-refractivity contribution in [2.75, 3.05) is 19.4 Å². The van der Waals surface area contributed by atoms with Crippen molar-refractivity contribution < 1.29 is 31.7 Å². The Labute approximate surface area is 178 Å². The molecule has 30 heavy (non-hydrogen) atoms. The van der Waals surface area contributed by atoms with Crippen LogP contribution in [0.1, 0.15) is 45.6 Å². The molecule has 0 saturated heterocycles. The maximum Gasteiger partial charge on any atom is 0.407 e. The van der Waals surface area contributed by atoms with Gasteiger partial charge in [-0.3, -0.25) is 4.18 Å². The van der Waals surface area contributed by atoms with E-state index in [0.717, 1.165) is 11.8 Å². The summed E-state index contributed by atoms with van der Waals surface area (Å²) in [4.78, 5) is 23.7. The minimum Gasteiger partial charge on any atom is -0.445 e. The number of benzene rings is 1. The monoisotopic (exact) mass is 444 g/mol. The van der Waals surface area contributed by atoms with E-state index in [-0.39, 0.29) is 13.2 Å². The third kappa shape index (κ3) is 13.8. The van der Waals surface area contributed by atoms with Gasteiger partial charge in [0.1, 0.15) is 12.2 Å². The second kappa shape index (κ2) is 12.4. The summed E-state index contributed by atoms with van der Waals surface area (Å²) in [5.41, 5.74) is 0.271. The molecular formula is C20H32N2O7S. The van der Waals surface area contributed by atoms with Gasteiger partial charge in [0.15, 0.2) is 0 Å². The van der Waals surface area contributed by atoms with Crippen LogP contribution in [0.4, 0.5) is 9.59 Å². The standard InChI is InChI=1S/C20H32N2O7S/c1-20(2,3)29-18(23)21-13-9-8-12-17(15-28-30(4,25)26)22-19(24)27-14-16-10-6-5-7-11-16/h5-7,10-11,17H,8-9,12-15H2,1-4H3,(H,21,23)(H,22,24). The van der Waals surface area contributed by atoms with Crippen molar-refractivity contribution in [2.45, 2.75) is 58.3 Å². The summed E-state index contributed by atoms with van der Waals surface area (Å²) in [6.07, 6.45) is 1.48. The van der Waals surface area contributed by atoms with Crippen LogP contribution < -0.4 is 10.6 Å². The lowest BCUT2D eigenvalue weighted by Gasteiger charge is -2.20. The van der Waals surface area contributed by atoms with E-state index in [1.165, 1.54) is 0 Å². The zero-order chi connectivity index (χ0) is 22.6. The number of carbonyl (C=O) groups excluding carboxylic acids is 2. The van der Waals surface area contributed by atoms with Crippen molar-refractivity contribution in [1.82, 2.24) is 10.6 Å². The van der Waals surface area contributed by atoms with E-state index in [9.17, 15) is 18.0 Å². The van der Waals surface area contributed by atoms with E-state index in [1.807, 2.05) is 30.3 Å². The molecule has 2 N–H and O–H groups in total. The van der Waals surface area contributed by atoms with E-state index in [2.05, 4.69) is 10.6 Å². The molecule has 0 bridgehead atoms. The molecule has 0 aliphatic carbocycles. The number of alkyl carbamates (subject to hydrolysis) is 2. The molecule has 2 amide bonds. The molecular weight excluding hydrogens is 412 g/mol. The van der Waals surface area contributed by atoms with Gasteiger partial charge in [-0.2, -0.15) is 8.42 Å². The summed E-state index contributed by atoms with van der Waals surface area (Å²) < 4.78 is 37.7. The van der Waals surface area contributed by atoms with Gasteiger partial charge < -0.3 is 20.1 Å². The first-order chi connectivity index (χ1) is 13.9. The second-order valence-corrected chi connectivity index (χ2v) is 9.46. The lowest BCUT2D eigenvalue weighted by Crippen LogP contribution is -2.39. The molecule has 1 atom stereocenters. The average molecular weight is 445 g/mol. The number of ether oxygens (including phenoxy) is 2. The zero-order valence-electron chi connectivity index (χ0n) is 18.0. The summed E-state index contributed by atoms with van der Waals surface area (Å²) >= 11 is 0. The van der Waals surface area contributed by atoms with Crippen LogP contribution in [0.25, 0.3) is 0 Å². The Morgan fingerprint density at radius 1 is 1.07 bits per heavy atom. The van der Waals surface area contributed by atoms with Crippen molar-refractivity contribution in [1.29, 1.82) is 0 Å². The lowest BCUT2D eigenvalue weighted by atomic mass is 10.1. The van der Waals surface area contributed by atoms with E-state index in [4.69, 9.17) is 13.7 Å². The Morgan fingerprint density at radius 2 is 1.73 bits per heavy atom. The highest BCUT2D eigenvalue weighted by molar-refractivity contribution is 7.85. The van der Waals surface area contributed by atoms with E-state index < -0.39 is 33.9 Å². The number of unbranched alkanes of at least 4 members (excludes halogenated alkanes) is 1. The van der Waals surface area contributed by atoms with Gasteiger partial charge in [-0.05, 0) is 45.6 Å². The maximum atomic E-state index is 12.1. The van der Waals surface area contributed by atoms with Gasteiger partial charge in [0.05, 0.1) is 18.9 Å². The number of nitrogens with one attached hydrogen (secondary N) is 2. The fourth-order valence-electron chi connectivity index (χ4n) is 2.35. The number of hydrogen-bond donors (Lipinski definition) is 2. The topological polar surface area (TPSA) is 120 Å². The van der Waals surface area contributed by atoms with Gasteiger partial charge in [0, 0.05) is 6.54 Å². The van der Waals surface area contributed by atoms with Crippen molar-refractivity contribution in [3.8, 4) is 0 Å². The number of rotatable bonds is 11. The highest BCUT2D eigenvalue weighted by atomic mass is 32.2. The highest BCUT2D eigenvalue weighted by Gasteiger charge is 2.17.